The van der Waals surface area contributed by atoms with Crippen LogP contribution in [-0.4, -0.2) is 9.97 Å². The number of hydrogen-bond acceptors (Lipinski definition) is 3. The summed E-state index contributed by atoms with van der Waals surface area (Å²) in [7, 11) is 0. The number of rotatable bonds is 3. The number of nitrogens with one attached hydrogen (secondary N) is 1. The van der Waals surface area contributed by atoms with Gasteiger partial charge in [-0.3, -0.25) is 0 Å². The highest BCUT2D eigenvalue weighted by atomic mass is 19.1. The van der Waals surface area contributed by atoms with Gasteiger partial charge in [0.2, 0.25) is 5.95 Å². The standard InChI is InChI=1S/C13H13F2N3/c1-8-5-9(2)18-13(17-8)16-7-10-3-4-11(14)6-12(10)15/h3-6H,7H2,1-2H3,(H,16,17,18). The van der Waals surface area contributed by atoms with Crippen LogP contribution in [0.3, 0.4) is 0 Å². The Balaban J connectivity index is 2.11. The highest BCUT2D eigenvalue weighted by Crippen LogP contribution is 2.11. The summed E-state index contributed by atoms with van der Waals surface area (Å²) in [6.07, 6.45) is 0. The van der Waals surface area contributed by atoms with Crippen molar-refractivity contribution in [2.75, 3.05) is 5.32 Å². The summed E-state index contributed by atoms with van der Waals surface area (Å²) in [5, 5.41) is 2.92. The number of anilines is 1. The average molecular weight is 249 g/mol. The van der Waals surface area contributed by atoms with Crippen LogP contribution in [-0.2, 0) is 6.54 Å². The number of halogens is 2. The maximum atomic E-state index is 13.4. The Kier molecular flexibility index (Phi) is 3.50. The largest absolute Gasteiger partial charge is 0.350 e. The van der Waals surface area contributed by atoms with Crippen molar-refractivity contribution >= 4 is 5.95 Å². The number of benzene rings is 1. The number of aromatic nitrogens is 2. The Labute approximate surface area is 104 Å². The van der Waals surface area contributed by atoms with Gasteiger partial charge >= 0.3 is 0 Å². The van der Waals surface area contributed by atoms with E-state index in [-0.39, 0.29) is 6.54 Å². The van der Waals surface area contributed by atoms with Crippen LogP contribution in [0.25, 0.3) is 0 Å². The second kappa shape index (κ2) is 5.08. The highest BCUT2D eigenvalue weighted by Gasteiger charge is 2.05. The van der Waals surface area contributed by atoms with Crippen LogP contribution in [0.1, 0.15) is 17.0 Å². The fourth-order valence-corrected chi connectivity index (χ4v) is 1.64. The molecule has 0 unspecified atom stereocenters. The van der Waals surface area contributed by atoms with Crippen molar-refractivity contribution < 1.29 is 8.78 Å². The Bertz CT molecular complexity index is 550. The molecule has 1 N–H and O–H groups in total. The molecule has 0 saturated carbocycles. The highest BCUT2D eigenvalue weighted by molar-refractivity contribution is 5.30. The summed E-state index contributed by atoms with van der Waals surface area (Å²) in [5.74, 6) is -0.720. The van der Waals surface area contributed by atoms with Crippen molar-refractivity contribution in [3.8, 4) is 0 Å². The van der Waals surface area contributed by atoms with Crippen LogP contribution < -0.4 is 5.32 Å². The summed E-state index contributed by atoms with van der Waals surface area (Å²) < 4.78 is 26.1. The number of nitrogens with zero attached hydrogens (tertiary/aromatic N) is 2. The molecular formula is C13H13F2N3. The minimum atomic E-state index is -0.584. The first kappa shape index (κ1) is 12.4. The van der Waals surface area contributed by atoms with E-state index >= 15 is 0 Å². The molecule has 0 aliphatic rings. The van der Waals surface area contributed by atoms with E-state index < -0.39 is 11.6 Å². The van der Waals surface area contributed by atoms with Gasteiger partial charge in [0.15, 0.2) is 0 Å². The van der Waals surface area contributed by atoms with Gasteiger partial charge < -0.3 is 5.32 Å². The van der Waals surface area contributed by atoms with Gasteiger partial charge in [-0.25, -0.2) is 18.7 Å². The minimum absolute atomic E-state index is 0.217. The fraction of sp³-hybridized carbons (Fsp3) is 0.231. The molecule has 2 aromatic rings. The molecular weight excluding hydrogens is 236 g/mol. The maximum absolute atomic E-state index is 13.4. The molecule has 0 fully saturated rings. The van der Waals surface area contributed by atoms with Crippen molar-refractivity contribution in [1.82, 2.24) is 9.97 Å². The van der Waals surface area contributed by atoms with E-state index in [9.17, 15) is 8.78 Å². The van der Waals surface area contributed by atoms with Crippen molar-refractivity contribution in [1.29, 1.82) is 0 Å². The van der Waals surface area contributed by atoms with Gasteiger partial charge in [-0.15, -0.1) is 0 Å². The fourth-order valence-electron chi connectivity index (χ4n) is 1.64. The summed E-state index contributed by atoms with van der Waals surface area (Å²) >= 11 is 0. The minimum Gasteiger partial charge on any atom is -0.350 e. The van der Waals surface area contributed by atoms with Gasteiger partial charge in [0.1, 0.15) is 11.6 Å². The van der Waals surface area contributed by atoms with Gasteiger partial charge in [-0.05, 0) is 26.0 Å². The zero-order valence-corrected chi connectivity index (χ0v) is 10.2. The summed E-state index contributed by atoms with van der Waals surface area (Å²) in [6, 6.07) is 5.34. The molecule has 0 aliphatic heterocycles. The van der Waals surface area contributed by atoms with E-state index in [0.29, 0.717) is 11.5 Å². The lowest BCUT2D eigenvalue weighted by atomic mass is 10.2. The number of aryl methyl sites for hydroxylation is 2. The van der Waals surface area contributed by atoms with Crippen LogP contribution in [0.15, 0.2) is 24.3 Å². The average Bonchev–Trinajstić information content (AvgIpc) is 2.26. The molecule has 0 radical (unpaired) electrons. The summed E-state index contributed by atoms with van der Waals surface area (Å²) in [4.78, 5) is 8.36. The molecule has 0 bridgehead atoms. The molecule has 0 amide bonds. The maximum Gasteiger partial charge on any atom is 0.223 e. The van der Waals surface area contributed by atoms with Crippen LogP contribution in [0, 0.1) is 25.5 Å². The molecule has 18 heavy (non-hydrogen) atoms. The zero-order valence-electron chi connectivity index (χ0n) is 10.2. The van der Waals surface area contributed by atoms with E-state index in [2.05, 4.69) is 15.3 Å². The predicted octanol–water partition coefficient (Wildman–Crippen LogP) is 2.98. The third-order valence-corrected chi connectivity index (χ3v) is 2.43. The lowest BCUT2D eigenvalue weighted by Gasteiger charge is -2.07. The van der Waals surface area contributed by atoms with E-state index in [0.717, 1.165) is 17.5 Å². The van der Waals surface area contributed by atoms with Gasteiger partial charge in [0.05, 0.1) is 0 Å². The van der Waals surface area contributed by atoms with Gasteiger partial charge in [-0.1, -0.05) is 6.07 Å². The predicted molar refractivity (Wildman–Crippen MR) is 65.2 cm³/mol. The molecule has 94 valence electrons. The molecule has 1 aromatic carbocycles. The first-order valence-corrected chi connectivity index (χ1v) is 5.54. The smallest absolute Gasteiger partial charge is 0.223 e. The molecule has 0 saturated heterocycles. The van der Waals surface area contributed by atoms with Crippen molar-refractivity contribution in [3.05, 3.63) is 52.9 Å². The molecule has 1 aromatic heterocycles. The summed E-state index contributed by atoms with van der Waals surface area (Å²) in [6.45, 7) is 3.94. The van der Waals surface area contributed by atoms with Crippen LogP contribution >= 0.6 is 0 Å². The van der Waals surface area contributed by atoms with E-state index in [1.807, 2.05) is 19.9 Å². The van der Waals surface area contributed by atoms with Crippen molar-refractivity contribution in [2.45, 2.75) is 20.4 Å². The van der Waals surface area contributed by atoms with Gasteiger partial charge in [0.25, 0.3) is 0 Å². The number of hydrogen-bond donors (Lipinski definition) is 1. The Morgan fingerprint density at radius 3 is 2.33 bits per heavy atom. The van der Waals surface area contributed by atoms with Gasteiger partial charge in [-0.2, -0.15) is 0 Å². The van der Waals surface area contributed by atoms with Crippen LogP contribution in [0.4, 0.5) is 14.7 Å². The normalized spacial score (nSPS) is 10.4. The molecule has 2 rings (SSSR count). The first-order chi connectivity index (χ1) is 8.54. The van der Waals surface area contributed by atoms with Gasteiger partial charge in [0, 0.05) is 29.6 Å². The SMILES string of the molecule is Cc1cc(C)nc(NCc2ccc(F)cc2F)n1. The Morgan fingerprint density at radius 1 is 1.06 bits per heavy atom. The molecule has 0 aliphatic carbocycles. The van der Waals surface area contributed by atoms with Crippen LogP contribution in [0.2, 0.25) is 0 Å². The monoisotopic (exact) mass is 249 g/mol. The van der Waals surface area contributed by atoms with Crippen LogP contribution in [0.5, 0.6) is 0 Å². The molecule has 1 heterocycles. The quantitative estimate of drug-likeness (QED) is 0.908. The summed E-state index contributed by atoms with van der Waals surface area (Å²) in [5.41, 5.74) is 2.05. The van der Waals surface area contributed by atoms with E-state index in [1.165, 1.54) is 12.1 Å². The molecule has 5 heteroatoms. The lowest BCUT2D eigenvalue weighted by molar-refractivity contribution is 0.574. The molecule has 3 nitrogen and oxygen atoms in total. The third kappa shape index (κ3) is 3.00. The lowest BCUT2D eigenvalue weighted by Crippen LogP contribution is -2.06. The van der Waals surface area contributed by atoms with E-state index in [1.54, 1.807) is 0 Å². The second-order valence-corrected chi connectivity index (χ2v) is 4.06. The third-order valence-electron chi connectivity index (χ3n) is 2.43. The zero-order chi connectivity index (χ0) is 13.1. The first-order valence-electron chi connectivity index (χ1n) is 5.54. The topological polar surface area (TPSA) is 37.8 Å². The second-order valence-electron chi connectivity index (χ2n) is 4.06. The molecule has 0 spiro atoms. The van der Waals surface area contributed by atoms with Crippen molar-refractivity contribution in [3.63, 3.8) is 0 Å². The Hall–Kier alpha value is -2.04. The molecule has 0 atom stereocenters. The Morgan fingerprint density at radius 2 is 1.72 bits per heavy atom. The van der Waals surface area contributed by atoms with Crippen molar-refractivity contribution in [2.24, 2.45) is 0 Å². The van der Waals surface area contributed by atoms with E-state index in [4.69, 9.17) is 0 Å².